The van der Waals surface area contributed by atoms with E-state index in [4.69, 9.17) is 9.47 Å². The standard InChI is InChI=1S/C28H35NO4/c1-26-16-21(18-4-6-19(7-5-18)29(2)3)25-20(22(26)8-9-24(26)30)10-12-27(31)17-28(13-11-23(25)27)32-14-15-33-28/h4-7,14-15,20-22,31H,8-13,16-17H2,1-3H3/t20-,21+,22-,26-,27+/m0/s1. The van der Waals surface area contributed by atoms with E-state index in [0.717, 1.165) is 38.5 Å². The maximum absolute atomic E-state index is 13.1. The summed E-state index contributed by atoms with van der Waals surface area (Å²) >= 11 is 0. The lowest BCUT2D eigenvalue weighted by molar-refractivity contribution is -0.196. The first-order valence-corrected chi connectivity index (χ1v) is 12.5. The van der Waals surface area contributed by atoms with Gasteiger partial charge in [-0.25, -0.2) is 0 Å². The molecular weight excluding hydrogens is 414 g/mol. The fraction of sp³-hybridized carbons (Fsp3) is 0.607. The summed E-state index contributed by atoms with van der Waals surface area (Å²) in [4.78, 5) is 15.2. The normalized spacial score (nSPS) is 38.4. The van der Waals surface area contributed by atoms with E-state index < -0.39 is 11.4 Å². The molecule has 0 saturated heterocycles. The molecule has 4 aliphatic carbocycles. The minimum atomic E-state index is -0.895. The van der Waals surface area contributed by atoms with Gasteiger partial charge < -0.3 is 19.5 Å². The van der Waals surface area contributed by atoms with Gasteiger partial charge >= 0.3 is 0 Å². The van der Waals surface area contributed by atoms with Crippen LogP contribution >= 0.6 is 0 Å². The highest BCUT2D eigenvalue weighted by Gasteiger charge is 2.60. The Morgan fingerprint density at radius 1 is 1.03 bits per heavy atom. The molecule has 5 atom stereocenters. The van der Waals surface area contributed by atoms with Crippen molar-refractivity contribution < 1.29 is 19.4 Å². The number of carbonyl (C=O) groups excluding carboxylic acids is 1. The van der Waals surface area contributed by atoms with Crippen molar-refractivity contribution in [3.63, 3.8) is 0 Å². The van der Waals surface area contributed by atoms with E-state index in [2.05, 4.69) is 50.2 Å². The zero-order valence-electron chi connectivity index (χ0n) is 20.0. The number of benzene rings is 1. The lowest BCUT2D eigenvalue weighted by Crippen LogP contribution is -2.53. The second kappa shape index (κ2) is 7.11. The average molecular weight is 450 g/mol. The quantitative estimate of drug-likeness (QED) is 0.640. The van der Waals surface area contributed by atoms with Crippen molar-refractivity contribution in [3.05, 3.63) is 53.5 Å². The van der Waals surface area contributed by atoms with Gasteiger partial charge in [0.2, 0.25) is 0 Å². The predicted molar refractivity (Wildman–Crippen MR) is 127 cm³/mol. The number of allylic oxidation sites excluding steroid dienone is 1. The van der Waals surface area contributed by atoms with Crippen molar-refractivity contribution in [3.8, 4) is 0 Å². The molecule has 0 bridgehead atoms. The molecule has 1 N–H and O–H groups in total. The summed E-state index contributed by atoms with van der Waals surface area (Å²) in [5.41, 5.74) is 3.94. The fourth-order valence-electron chi connectivity index (χ4n) is 7.88. The number of hydrogen-bond acceptors (Lipinski definition) is 5. The molecule has 6 rings (SSSR count). The van der Waals surface area contributed by atoms with E-state index in [0.29, 0.717) is 30.5 Å². The number of carbonyl (C=O) groups is 1. The Labute approximate surface area is 196 Å². The van der Waals surface area contributed by atoms with Crippen molar-refractivity contribution in [2.24, 2.45) is 17.3 Å². The lowest BCUT2D eigenvalue weighted by Gasteiger charge is -2.55. The number of anilines is 1. The summed E-state index contributed by atoms with van der Waals surface area (Å²) in [6.07, 6.45) is 9.42. The van der Waals surface area contributed by atoms with E-state index in [1.807, 2.05) is 0 Å². The number of aliphatic hydroxyl groups is 1. The second-order valence-corrected chi connectivity index (χ2v) is 11.4. The molecule has 1 heterocycles. The summed E-state index contributed by atoms with van der Waals surface area (Å²) in [7, 11) is 4.11. The molecule has 1 aliphatic heterocycles. The van der Waals surface area contributed by atoms with Crippen LogP contribution in [0.5, 0.6) is 0 Å². The van der Waals surface area contributed by atoms with Crippen molar-refractivity contribution in [1.29, 1.82) is 0 Å². The van der Waals surface area contributed by atoms with Crippen LogP contribution in [0.15, 0.2) is 47.9 Å². The maximum atomic E-state index is 13.1. The fourth-order valence-corrected chi connectivity index (χ4v) is 7.88. The molecule has 0 unspecified atom stereocenters. The molecule has 1 aromatic carbocycles. The van der Waals surface area contributed by atoms with Crippen LogP contribution in [0.4, 0.5) is 5.69 Å². The van der Waals surface area contributed by atoms with Crippen molar-refractivity contribution in [2.75, 3.05) is 19.0 Å². The van der Waals surface area contributed by atoms with Gasteiger partial charge in [-0.05, 0) is 67.2 Å². The summed E-state index contributed by atoms with van der Waals surface area (Å²) < 4.78 is 11.7. The maximum Gasteiger partial charge on any atom is 0.253 e. The second-order valence-electron chi connectivity index (χ2n) is 11.4. The monoisotopic (exact) mass is 449 g/mol. The third kappa shape index (κ3) is 3.04. The number of nitrogens with zero attached hydrogens (tertiary/aromatic N) is 1. The Morgan fingerprint density at radius 3 is 2.45 bits per heavy atom. The largest absolute Gasteiger partial charge is 0.457 e. The van der Waals surface area contributed by atoms with Crippen LogP contribution in [-0.2, 0) is 14.3 Å². The molecule has 176 valence electrons. The van der Waals surface area contributed by atoms with Gasteiger partial charge in [-0.2, -0.15) is 0 Å². The topological polar surface area (TPSA) is 59.0 Å². The average Bonchev–Trinajstić information content (AvgIpc) is 3.36. The first-order chi connectivity index (χ1) is 15.7. The van der Waals surface area contributed by atoms with Gasteiger partial charge in [0.1, 0.15) is 18.3 Å². The summed E-state index contributed by atoms with van der Waals surface area (Å²) in [6.45, 7) is 2.22. The Hall–Kier alpha value is -2.27. The molecule has 1 spiro atoms. The number of rotatable bonds is 2. The van der Waals surface area contributed by atoms with E-state index in [1.54, 1.807) is 12.5 Å². The highest BCUT2D eigenvalue weighted by atomic mass is 16.7. The third-order valence-electron chi connectivity index (χ3n) is 9.56. The molecule has 0 amide bonds. The predicted octanol–water partition coefficient (Wildman–Crippen LogP) is 5.06. The molecule has 3 fully saturated rings. The van der Waals surface area contributed by atoms with Gasteiger partial charge in [0.25, 0.3) is 5.79 Å². The molecule has 5 heteroatoms. The number of ether oxygens (including phenoxy) is 2. The lowest BCUT2D eigenvalue weighted by atomic mass is 9.51. The van der Waals surface area contributed by atoms with E-state index >= 15 is 0 Å². The van der Waals surface area contributed by atoms with Crippen LogP contribution in [0.25, 0.3) is 0 Å². The van der Waals surface area contributed by atoms with Crippen LogP contribution in [-0.4, -0.2) is 36.4 Å². The van der Waals surface area contributed by atoms with Gasteiger partial charge in [-0.3, -0.25) is 4.79 Å². The summed E-state index contributed by atoms with van der Waals surface area (Å²) in [6, 6.07) is 8.83. The first-order valence-electron chi connectivity index (χ1n) is 12.5. The summed E-state index contributed by atoms with van der Waals surface area (Å²) in [5.74, 6) is 0.663. The van der Waals surface area contributed by atoms with Crippen molar-refractivity contribution >= 4 is 11.5 Å². The van der Waals surface area contributed by atoms with Crippen LogP contribution in [0.1, 0.15) is 69.8 Å². The van der Waals surface area contributed by atoms with E-state index in [1.165, 1.54) is 22.4 Å². The molecule has 33 heavy (non-hydrogen) atoms. The molecule has 3 saturated carbocycles. The number of Topliss-reactive ketones (excluding diaryl/α,β-unsaturated/α-hetero) is 1. The Morgan fingerprint density at radius 2 is 1.76 bits per heavy atom. The number of hydrogen-bond donors (Lipinski definition) is 1. The Kier molecular flexibility index (Phi) is 4.59. The molecule has 1 aromatic rings. The van der Waals surface area contributed by atoms with Gasteiger partial charge in [0.05, 0.1) is 12.0 Å². The minimum Gasteiger partial charge on any atom is -0.457 e. The van der Waals surface area contributed by atoms with E-state index in [-0.39, 0.29) is 11.3 Å². The van der Waals surface area contributed by atoms with Gasteiger partial charge in [0.15, 0.2) is 0 Å². The number of ketones is 1. The van der Waals surface area contributed by atoms with Gasteiger partial charge in [-0.1, -0.05) is 24.6 Å². The van der Waals surface area contributed by atoms with Crippen molar-refractivity contribution in [1.82, 2.24) is 0 Å². The van der Waals surface area contributed by atoms with Crippen LogP contribution < -0.4 is 4.90 Å². The van der Waals surface area contributed by atoms with Crippen LogP contribution in [0.3, 0.4) is 0 Å². The van der Waals surface area contributed by atoms with Crippen molar-refractivity contribution in [2.45, 2.75) is 75.6 Å². The Balaban J connectivity index is 1.46. The number of fused-ring (bicyclic) bond motifs is 4. The minimum absolute atomic E-state index is 0.175. The molecule has 0 radical (unpaired) electrons. The molecule has 0 aromatic heterocycles. The van der Waals surface area contributed by atoms with E-state index in [9.17, 15) is 9.90 Å². The van der Waals surface area contributed by atoms with Gasteiger partial charge in [-0.15, -0.1) is 0 Å². The van der Waals surface area contributed by atoms with Gasteiger partial charge in [0, 0.05) is 44.0 Å². The zero-order chi connectivity index (χ0) is 23.0. The molecule has 5 aliphatic rings. The first kappa shape index (κ1) is 21.3. The third-order valence-corrected chi connectivity index (χ3v) is 9.56. The highest BCUT2D eigenvalue weighted by Crippen LogP contribution is 2.64. The zero-order valence-corrected chi connectivity index (χ0v) is 20.0. The molecular formula is C28H35NO4. The summed E-state index contributed by atoms with van der Waals surface area (Å²) in [5, 5.41) is 12.0. The van der Waals surface area contributed by atoms with Crippen LogP contribution in [0, 0.1) is 17.3 Å². The van der Waals surface area contributed by atoms with Crippen LogP contribution in [0.2, 0.25) is 0 Å². The smallest absolute Gasteiger partial charge is 0.253 e. The highest BCUT2D eigenvalue weighted by molar-refractivity contribution is 5.87. The molecule has 5 nitrogen and oxygen atoms in total. The Bertz CT molecular complexity index is 1030. The SMILES string of the molecule is CN(C)c1ccc([C@H]2C[C@]3(C)C(=O)CC[C@H]3[C@@H]3CC[C@@]4(O)CC5(CCC4=C32)OC=CO5)cc1.